The summed E-state index contributed by atoms with van der Waals surface area (Å²) in [6.45, 7) is 2.82. The SMILES string of the molecule is O=C(CCc1n[nH]c(=O)[nH]1)N1C[C@@H]2C[C@H](C1)[C@@H]1CCC[C@H](c3ccccc3)N1C2. The molecule has 2 aromatic rings. The Morgan fingerprint density at radius 1 is 1.14 bits per heavy atom. The van der Waals surface area contributed by atoms with Crippen molar-refractivity contribution in [3.05, 3.63) is 52.2 Å². The summed E-state index contributed by atoms with van der Waals surface area (Å²) in [5.74, 6) is 1.88. The first kappa shape index (κ1) is 18.6. The number of nitrogens with zero attached hydrogens (tertiary/aromatic N) is 3. The van der Waals surface area contributed by atoms with Crippen molar-refractivity contribution < 1.29 is 4.79 Å². The number of nitrogens with one attached hydrogen (secondary N) is 2. The number of aromatic amines is 2. The molecule has 4 heterocycles. The Labute approximate surface area is 170 Å². The molecular formula is C22H29N5O2. The van der Waals surface area contributed by atoms with Crippen LogP contribution in [0.3, 0.4) is 0 Å². The molecule has 0 aliphatic carbocycles. The molecule has 154 valence electrons. The van der Waals surface area contributed by atoms with Crippen LogP contribution in [0.2, 0.25) is 0 Å². The van der Waals surface area contributed by atoms with Crippen LogP contribution in [0.4, 0.5) is 0 Å². The molecule has 7 heteroatoms. The summed E-state index contributed by atoms with van der Waals surface area (Å²) in [5, 5.41) is 6.27. The van der Waals surface area contributed by atoms with E-state index in [9.17, 15) is 9.59 Å². The predicted molar refractivity (Wildman–Crippen MR) is 109 cm³/mol. The molecule has 1 aromatic carbocycles. The second-order valence-corrected chi connectivity index (χ2v) is 8.91. The van der Waals surface area contributed by atoms with Gasteiger partial charge < -0.3 is 4.90 Å². The normalized spacial score (nSPS) is 29.4. The topological polar surface area (TPSA) is 85.1 Å². The Kier molecular flexibility index (Phi) is 4.99. The quantitative estimate of drug-likeness (QED) is 0.830. The minimum Gasteiger partial charge on any atom is -0.342 e. The van der Waals surface area contributed by atoms with E-state index < -0.39 is 0 Å². The molecule has 2 bridgehead atoms. The van der Waals surface area contributed by atoms with Crippen LogP contribution in [-0.4, -0.2) is 56.6 Å². The minimum atomic E-state index is -0.315. The lowest BCUT2D eigenvalue weighted by Gasteiger charge is -2.55. The van der Waals surface area contributed by atoms with Crippen LogP contribution in [0.5, 0.6) is 0 Å². The molecule has 2 N–H and O–H groups in total. The third-order valence-corrected chi connectivity index (χ3v) is 7.05. The highest BCUT2D eigenvalue weighted by atomic mass is 16.2. The summed E-state index contributed by atoms with van der Waals surface area (Å²) in [7, 11) is 0. The van der Waals surface area contributed by atoms with Gasteiger partial charge in [0.05, 0.1) is 0 Å². The molecule has 3 aliphatic heterocycles. The predicted octanol–water partition coefficient (Wildman–Crippen LogP) is 2.10. The summed E-state index contributed by atoms with van der Waals surface area (Å²) in [4.78, 5) is 31.5. The number of piperidine rings is 3. The average molecular weight is 396 g/mol. The Balaban J connectivity index is 1.26. The maximum absolute atomic E-state index is 12.8. The fourth-order valence-corrected chi connectivity index (χ4v) is 5.85. The summed E-state index contributed by atoms with van der Waals surface area (Å²) in [6, 6.07) is 12.0. The zero-order valence-corrected chi connectivity index (χ0v) is 16.7. The molecule has 5 rings (SSSR count). The van der Waals surface area contributed by atoms with Crippen LogP contribution >= 0.6 is 0 Å². The molecule has 29 heavy (non-hydrogen) atoms. The molecule has 0 unspecified atom stereocenters. The molecule has 0 spiro atoms. The minimum absolute atomic E-state index is 0.187. The monoisotopic (exact) mass is 395 g/mol. The smallest absolute Gasteiger partial charge is 0.340 e. The van der Waals surface area contributed by atoms with Crippen molar-refractivity contribution in [3.63, 3.8) is 0 Å². The van der Waals surface area contributed by atoms with Crippen molar-refractivity contribution in [1.82, 2.24) is 25.0 Å². The zero-order valence-electron chi connectivity index (χ0n) is 16.7. The summed E-state index contributed by atoms with van der Waals surface area (Å²) in [5.41, 5.74) is 1.13. The van der Waals surface area contributed by atoms with E-state index >= 15 is 0 Å². The Hall–Kier alpha value is -2.41. The maximum atomic E-state index is 12.8. The summed E-state index contributed by atoms with van der Waals surface area (Å²) >= 11 is 0. The van der Waals surface area contributed by atoms with Gasteiger partial charge in [-0.3, -0.25) is 14.7 Å². The van der Waals surface area contributed by atoms with E-state index in [2.05, 4.69) is 55.3 Å². The van der Waals surface area contributed by atoms with Gasteiger partial charge in [-0.25, -0.2) is 9.89 Å². The average Bonchev–Trinajstić information content (AvgIpc) is 3.17. The summed E-state index contributed by atoms with van der Waals surface area (Å²) < 4.78 is 0. The third kappa shape index (κ3) is 3.75. The van der Waals surface area contributed by atoms with Crippen LogP contribution in [0.1, 0.15) is 49.5 Å². The van der Waals surface area contributed by atoms with E-state index in [0.717, 1.165) is 19.6 Å². The molecular weight excluding hydrogens is 366 g/mol. The maximum Gasteiger partial charge on any atom is 0.340 e. The molecule has 4 atom stereocenters. The number of aryl methyl sites for hydroxylation is 1. The Morgan fingerprint density at radius 3 is 2.79 bits per heavy atom. The van der Waals surface area contributed by atoms with E-state index in [4.69, 9.17) is 0 Å². The molecule has 0 radical (unpaired) electrons. The van der Waals surface area contributed by atoms with Crippen molar-refractivity contribution in [3.8, 4) is 0 Å². The number of aromatic nitrogens is 3. The molecule has 1 amide bonds. The van der Waals surface area contributed by atoms with Crippen LogP contribution in [0.25, 0.3) is 0 Å². The molecule has 3 fully saturated rings. The first-order chi connectivity index (χ1) is 14.2. The first-order valence-corrected chi connectivity index (χ1v) is 10.9. The fraction of sp³-hybridized carbons (Fsp3) is 0.591. The van der Waals surface area contributed by atoms with Gasteiger partial charge in [0.15, 0.2) is 0 Å². The van der Waals surface area contributed by atoms with Gasteiger partial charge in [-0.15, -0.1) is 0 Å². The number of fused-ring (bicyclic) bond motifs is 4. The summed E-state index contributed by atoms with van der Waals surface area (Å²) in [6.07, 6.45) is 5.89. The van der Waals surface area contributed by atoms with Gasteiger partial charge >= 0.3 is 5.69 Å². The van der Waals surface area contributed by atoms with Crippen LogP contribution in [-0.2, 0) is 11.2 Å². The highest BCUT2D eigenvalue weighted by Crippen LogP contribution is 2.44. The Bertz CT molecular complexity index is 907. The van der Waals surface area contributed by atoms with Crippen LogP contribution in [0.15, 0.2) is 35.1 Å². The number of hydrogen-bond donors (Lipinski definition) is 2. The highest BCUT2D eigenvalue weighted by molar-refractivity contribution is 5.76. The van der Waals surface area contributed by atoms with Crippen molar-refractivity contribution in [2.45, 2.75) is 50.6 Å². The molecule has 7 nitrogen and oxygen atoms in total. The number of rotatable bonds is 4. The van der Waals surface area contributed by atoms with Gasteiger partial charge in [-0.05, 0) is 43.1 Å². The number of likely N-dealkylation sites (tertiary alicyclic amines) is 1. The van der Waals surface area contributed by atoms with Gasteiger partial charge in [0.25, 0.3) is 0 Å². The van der Waals surface area contributed by atoms with Crippen molar-refractivity contribution in [2.24, 2.45) is 11.8 Å². The van der Waals surface area contributed by atoms with Crippen molar-refractivity contribution in [1.29, 1.82) is 0 Å². The van der Waals surface area contributed by atoms with E-state index in [0.29, 0.717) is 42.6 Å². The van der Waals surface area contributed by atoms with E-state index in [1.165, 1.54) is 31.2 Å². The molecule has 3 aliphatic rings. The van der Waals surface area contributed by atoms with Gasteiger partial charge in [0.2, 0.25) is 5.91 Å². The first-order valence-electron chi connectivity index (χ1n) is 10.9. The van der Waals surface area contributed by atoms with Crippen molar-refractivity contribution in [2.75, 3.05) is 19.6 Å². The van der Waals surface area contributed by atoms with Crippen molar-refractivity contribution >= 4 is 5.91 Å². The van der Waals surface area contributed by atoms with Crippen LogP contribution in [0, 0.1) is 11.8 Å². The second kappa shape index (κ2) is 7.78. The molecule has 0 saturated carbocycles. The van der Waals surface area contributed by atoms with Crippen LogP contribution < -0.4 is 5.69 Å². The fourth-order valence-electron chi connectivity index (χ4n) is 5.85. The lowest BCUT2D eigenvalue weighted by atomic mass is 9.74. The lowest BCUT2D eigenvalue weighted by molar-refractivity contribution is -0.139. The van der Waals surface area contributed by atoms with E-state index in [-0.39, 0.29) is 11.6 Å². The van der Waals surface area contributed by atoms with Gasteiger partial charge in [-0.2, -0.15) is 5.10 Å². The Morgan fingerprint density at radius 2 is 2.00 bits per heavy atom. The van der Waals surface area contributed by atoms with E-state index in [1.54, 1.807) is 0 Å². The number of H-pyrrole nitrogens is 2. The number of carbonyl (C=O) groups is 1. The standard InChI is InChI=1S/C22H29N5O2/c28-21(10-9-20-23-22(29)25-24-20)26-12-15-11-17(14-26)19-8-4-7-18(27(19)13-15)16-5-2-1-3-6-16/h1-3,5-6,15,17-19H,4,7-14H2,(H2,23,24,25,29)/t15-,17+,18+,19-/m0/s1. The van der Waals surface area contributed by atoms with Gasteiger partial charge in [0, 0.05) is 44.6 Å². The molecule has 1 aromatic heterocycles. The second-order valence-electron chi connectivity index (χ2n) is 8.91. The number of hydrogen-bond acceptors (Lipinski definition) is 4. The number of benzene rings is 1. The lowest BCUT2D eigenvalue weighted by Crippen LogP contribution is -2.60. The zero-order chi connectivity index (χ0) is 19.8. The number of amides is 1. The van der Waals surface area contributed by atoms with Gasteiger partial charge in [0.1, 0.15) is 5.82 Å². The third-order valence-electron chi connectivity index (χ3n) is 7.05. The van der Waals surface area contributed by atoms with E-state index in [1.807, 2.05) is 0 Å². The van der Waals surface area contributed by atoms with Gasteiger partial charge in [-0.1, -0.05) is 30.3 Å². The highest BCUT2D eigenvalue weighted by Gasteiger charge is 2.45. The largest absolute Gasteiger partial charge is 0.342 e. The molecule has 3 saturated heterocycles. The number of carbonyl (C=O) groups excluding carboxylic acids is 1.